The first-order valence-electron chi connectivity index (χ1n) is 9.19. The third kappa shape index (κ3) is 3.81. The molecule has 6 nitrogen and oxygen atoms in total. The van der Waals surface area contributed by atoms with Gasteiger partial charge in [-0.05, 0) is 42.5 Å². The van der Waals surface area contributed by atoms with Gasteiger partial charge < -0.3 is 16.8 Å². The number of carbonyl (C=O) groups is 1. The molecule has 1 amide bonds. The molecule has 1 aromatic carbocycles. The largest absolute Gasteiger partial charge is 0.404 e. The van der Waals surface area contributed by atoms with Crippen LogP contribution in [0.3, 0.4) is 0 Å². The fourth-order valence-corrected chi connectivity index (χ4v) is 3.38. The molecule has 6 heteroatoms. The summed E-state index contributed by atoms with van der Waals surface area (Å²) in [6, 6.07) is 9.70. The Bertz CT molecular complexity index is 940. The fraction of sp³-hybridized carbons (Fsp3) is 0.227. The number of rotatable bonds is 6. The van der Waals surface area contributed by atoms with E-state index in [2.05, 4.69) is 21.9 Å². The highest BCUT2D eigenvalue weighted by Crippen LogP contribution is 2.45. The normalized spacial score (nSPS) is 15.8. The van der Waals surface area contributed by atoms with E-state index in [9.17, 15) is 4.79 Å². The van der Waals surface area contributed by atoms with Crippen molar-refractivity contribution in [1.82, 2.24) is 4.98 Å². The molecule has 144 valence electrons. The first-order chi connectivity index (χ1) is 13.5. The van der Waals surface area contributed by atoms with Crippen molar-refractivity contribution in [3.05, 3.63) is 78.0 Å². The Hall–Kier alpha value is -3.41. The van der Waals surface area contributed by atoms with Crippen LogP contribution in [0.5, 0.6) is 0 Å². The van der Waals surface area contributed by atoms with Crippen LogP contribution in [0.25, 0.3) is 5.57 Å². The number of anilines is 1. The number of aryl methyl sites for hydroxylation is 1. The van der Waals surface area contributed by atoms with Gasteiger partial charge in [0, 0.05) is 36.1 Å². The minimum absolute atomic E-state index is 0.0244. The minimum Gasteiger partial charge on any atom is -0.404 e. The zero-order valence-electron chi connectivity index (χ0n) is 16.0. The smallest absolute Gasteiger partial charge is 0.235 e. The Morgan fingerprint density at radius 3 is 2.54 bits per heavy atom. The lowest BCUT2D eigenvalue weighted by Gasteiger charge is -2.41. The number of amides is 1. The highest BCUT2D eigenvalue weighted by atomic mass is 16.2. The molecule has 0 atom stereocenters. The summed E-state index contributed by atoms with van der Waals surface area (Å²) in [7, 11) is 0. The molecule has 2 aromatic rings. The number of nitrogens with one attached hydrogen (secondary N) is 1. The summed E-state index contributed by atoms with van der Waals surface area (Å²) < 4.78 is 0. The Morgan fingerprint density at radius 1 is 1.29 bits per heavy atom. The standard InChI is InChI=1S/C22H25N5O/c1-15-13-25-11-8-20(15)27-21(28)22(9-3-10-22)19-6-4-17(5-7-19)18(12-23)14-26-16(2)24/h4-8,11-14H,2-3,9-10,23-24H2,1H3,(H,25,27,28)/b18-12+,26-14-. The molecule has 5 N–H and O–H groups in total. The number of allylic oxidation sites excluding steroid dienone is 1. The van der Waals surface area contributed by atoms with Crippen LogP contribution in [0.4, 0.5) is 5.69 Å². The van der Waals surface area contributed by atoms with Crippen LogP contribution >= 0.6 is 0 Å². The van der Waals surface area contributed by atoms with Crippen LogP contribution in [0.15, 0.2) is 66.3 Å². The SMILES string of the molecule is C=C(N)/N=C\C(=C/N)c1ccc(C2(C(=O)Nc3ccncc3C)CCC2)cc1. The summed E-state index contributed by atoms with van der Waals surface area (Å²) in [5.41, 5.74) is 15.1. The maximum Gasteiger partial charge on any atom is 0.235 e. The number of pyridine rings is 1. The van der Waals surface area contributed by atoms with Gasteiger partial charge in [0.15, 0.2) is 0 Å². The van der Waals surface area contributed by atoms with Gasteiger partial charge in [-0.2, -0.15) is 0 Å². The van der Waals surface area contributed by atoms with Crippen LogP contribution in [0, 0.1) is 6.92 Å². The Kier molecular flexibility index (Phi) is 5.59. The first-order valence-corrected chi connectivity index (χ1v) is 9.19. The molecule has 1 aromatic heterocycles. The van der Waals surface area contributed by atoms with Crippen molar-refractivity contribution in [2.24, 2.45) is 16.5 Å². The zero-order chi connectivity index (χ0) is 20.1. The van der Waals surface area contributed by atoms with Crippen molar-refractivity contribution >= 4 is 23.4 Å². The topological polar surface area (TPSA) is 106 Å². The van der Waals surface area contributed by atoms with Crippen LogP contribution in [0.1, 0.15) is 36.0 Å². The maximum absolute atomic E-state index is 13.1. The van der Waals surface area contributed by atoms with Gasteiger partial charge in [0.25, 0.3) is 0 Å². The van der Waals surface area contributed by atoms with Gasteiger partial charge in [-0.3, -0.25) is 9.78 Å². The summed E-state index contributed by atoms with van der Waals surface area (Å²) in [6.07, 6.45) is 9.17. The summed E-state index contributed by atoms with van der Waals surface area (Å²) in [6.45, 7) is 5.48. The van der Waals surface area contributed by atoms with Gasteiger partial charge in [0.2, 0.25) is 5.91 Å². The Labute approximate surface area is 165 Å². The van der Waals surface area contributed by atoms with Crippen molar-refractivity contribution in [3.8, 4) is 0 Å². The molecular weight excluding hydrogens is 350 g/mol. The molecule has 0 spiro atoms. The first kappa shape index (κ1) is 19.4. The molecule has 28 heavy (non-hydrogen) atoms. The number of aliphatic imine (C=N–C) groups is 1. The molecule has 3 rings (SSSR count). The number of nitrogens with zero attached hydrogens (tertiary/aromatic N) is 2. The summed E-state index contributed by atoms with van der Waals surface area (Å²) in [5.74, 6) is 0.240. The van der Waals surface area contributed by atoms with Gasteiger partial charge >= 0.3 is 0 Å². The van der Waals surface area contributed by atoms with E-state index in [1.165, 1.54) is 6.20 Å². The Balaban J connectivity index is 1.83. The van der Waals surface area contributed by atoms with E-state index >= 15 is 0 Å². The molecule has 0 aliphatic heterocycles. The van der Waals surface area contributed by atoms with E-state index in [0.29, 0.717) is 0 Å². The lowest BCUT2D eigenvalue weighted by Crippen LogP contribution is -2.46. The van der Waals surface area contributed by atoms with E-state index in [-0.39, 0.29) is 11.7 Å². The molecule has 1 heterocycles. The van der Waals surface area contributed by atoms with E-state index in [1.54, 1.807) is 18.6 Å². The second-order valence-corrected chi connectivity index (χ2v) is 7.03. The van der Waals surface area contributed by atoms with E-state index in [1.807, 2.05) is 37.3 Å². The lowest BCUT2D eigenvalue weighted by molar-refractivity contribution is -0.124. The third-order valence-electron chi connectivity index (χ3n) is 5.23. The number of aromatic nitrogens is 1. The van der Waals surface area contributed by atoms with Crippen molar-refractivity contribution in [3.63, 3.8) is 0 Å². The zero-order valence-corrected chi connectivity index (χ0v) is 16.0. The van der Waals surface area contributed by atoms with Gasteiger partial charge in [0.05, 0.1) is 5.41 Å². The van der Waals surface area contributed by atoms with E-state index < -0.39 is 5.41 Å². The molecule has 1 aliphatic carbocycles. The molecule has 0 bridgehead atoms. The second-order valence-electron chi connectivity index (χ2n) is 7.03. The number of hydrogen-bond donors (Lipinski definition) is 3. The number of nitrogens with two attached hydrogens (primary N) is 2. The number of hydrogen-bond acceptors (Lipinski definition) is 5. The molecule has 0 unspecified atom stereocenters. The third-order valence-corrected chi connectivity index (χ3v) is 5.23. The van der Waals surface area contributed by atoms with Gasteiger partial charge in [-0.25, -0.2) is 4.99 Å². The van der Waals surface area contributed by atoms with Crippen LogP contribution < -0.4 is 16.8 Å². The average Bonchev–Trinajstić information content (AvgIpc) is 2.64. The van der Waals surface area contributed by atoms with Crippen LogP contribution in [-0.2, 0) is 10.2 Å². The summed E-state index contributed by atoms with van der Waals surface area (Å²) in [4.78, 5) is 21.2. The van der Waals surface area contributed by atoms with Gasteiger partial charge in [0.1, 0.15) is 5.82 Å². The highest BCUT2D eigenvalue weighted by molar-refractivity contribution is 6.10. The molecular formula is C22H25N5O. The number of benzene rings is 1. The number of carbonyl (C=O) groups excluding carboxylic acids is 1. The predicted molar refractivity (Wildman–Crippen MR) is 114 cm³/mol. The summed E-state index contributed by atoms with van der Waals surface area (Å²) in [5, 5.41) is 3.08. The van der Waals surface area contributed by atoms with Gasteiger partial charge in [-0.15, -0.1) is 0 Å². The quantitative estimate of drug-likeness (QED) is 0.674. The molecule has 1 fully saturated rings. The monoisotopic (exact) mass is 375 g/mol. The molecule has 0 radical (unpaired) electrons. The minimum atomic E-state index is -0.500. The summed E-state index contributed by atoms with van der Waals surface area (Å²) >= 11 is 0. The van der Waals surface area contributed by atoms with Crippen molar-refractivity contribution in [2.45, 2.75) is 31.6 Å². The second kappa shape index (κ2) is 8.08. The molecule has 1 saturated carbocycles. The Morgan fingerprint density at radius 2 is 2.00 bits per heavy atom. The highest BCUT2D eigenvalue weighted by Gasteiger charge is 2.45. The average molecular weight is 375 g/mol. The fourth-order valence-electron chi connectivity index (χ4n) is 3.38. The van der Waals surface area contributed by atoms with E-state index in [4.69, 9.17) is 11.5 Å². The van der Waals surface area contributed by atoms with Crippen LogP contribution in [0.2, 0.25) is 0 Å². The van der Waals surface area contributed by atoms with Crippen LogP contribution in [-0.4, -0.2) is 17.1 Å². The maximum atomic E-state index is 13.1. The van der Waals surface area contributed by atoms with Crippen molar-refractivity contribution in [2.75, 3.05) is 5.32 Å². The predicted octanol–water partition coefficient (Wildman–Crippen LogP) is 3.25. The molecule has 1 aliphatic rings. The molecule has 0 saturated heterocycles. The van der Waals surface area contributed by atoms with Crippen molar-refractivity contribution in [1.29, 1.82) is 0 Å². The lowest BCUT2D eigenvalue weighted by atomic mass is 9.63. The van der Waals surface area contributed by atoms with E-state index in [0.717, 1.165) is 47.2 Å². The van der Waals surface area contributed by atoms with Gasteiger partial charge in [-0.1, -0.05) is 37.3 Å². The van der Waals surface area contributed by atoms with Crippen molar-refractivity contribution < 1.29 is 4.79 Å².